The van der Waals surface area contributed by atoms with E-state index in [0.717, 1.165) is 64.6 Å². The Balaban J connectivity index is 1.65. The molecule has 0 saturated heterocycles. The van der Waals surface area contributed by atoms with Crippen LogP contribution < -0.4 is 14.2 Å². The van der Waals surface area contributed by atoms with Crippen LogP contribution >= 0.6 is 0 Å². The lowest BCUT2D eigenvalue weighted by Crippen LogP contribution is -2.27. The molecule has 0 radical (unpaired) electrons. The van der Waals surface area contributed by atoms with E-state index in [-0.39, 0.29) is 6.79 Å². The van der Waals surface area contributed by atoms with Gasteiger partial charge in [0.15, 0.2) is 11.5 Å². The molecule has 1 aromatic heterocycles. The summed E-state index contributed by atoms with van der Waals surface area (Å²) in [6.07, 6.45) is 0. The van der Waals surface area contributed by atoms with Crippen molar-refractivity contribution in [2.75, 3.05) is 33.0 Å². The van der Waals surface area contributed by atoms with Crippen molar-refractivity contribution in [3.05, 3.63) is 48.2 Å². The molecule has 0 aliphatic carbocycles. The first kappa shape index (κ1) is 18.6. The molecule has 0 saturated carbocycles. The van der Waals surface area contributed by atoms with E-state index in [9.17, 15) is 0 Å². The van der Waals surface area contributed by atoms with Crippen LogP contribution in [0.15, 0.2) is 42.5 Å². The summed E-state index contributed by atoms with van der Waals surface area (Å²) in [5.74, 6) is 2.42. The average molecular weight is 378 g/mol. The predicted molar refractivity (Wildman–Crippen MR) is 111 cm³/mol. The molecule has 0 N–H and O–H groups in total. The number of fused-ring (bicyclic) bond motifs is 2. The highest BCUT2D eigenvalue weighted by Gasteiger charge is 2.17. The zero-order valence-corrected chi connectivity index (χ0v) is 16.7. The summed E-state index contributed by atoms with van der Waals surface area (Å²) in [7, 11) is 0. The van der Waals surface area contributed by atoms with Crippen molar-refractivity contribution in [2.24, 2.45) is 0 Å². The molecule has 5 heteroatoms. The molecule has 0 fully saturated rings. The summed E-state index contributed by atoms with van der Waals surface area (Å²) >= 11 is 0. The highest BCUT2D eigenvalue weighted by Crippen LogP contribution is 2.39. The Morgan fingerprint density at radius 1 is 1.04 bits per heavy atom. The third kappa shape index (κ3) is 3.76. The Morgan fingerprint density at radius 2 is 1.82 bits per heavy atom. The summed E-state index contributed by atoms with van der Waals surface area (Å²) in [4.78, 5) is 7.16. The molecule has 2 aromatic carbocycles. The Kier molecular flexibility index (Phi) is 5.35. The zero-order chi connectivity index (χ0) is 19.5. The molecular formula is C23H26N2O3. The Labute approximate surface area is 165 Å². The molecule has 0 bridgehead atoms. The number of hydrogen-bond acceptors (Lipinski definition) is 5. The van der Waals surface area contributed by atoms with Gasteiger partial charge in [-0.15, -0.1) is 0 Å². The minimum Gasteiger partial charge on any atom is -0.492 e. The smallest absolute Gasteiger partial charge is 0.231 e. The van der Waals surface area contributed by atoms with Crippen LogP contribution in [0.1, 0.15) is 19.5 Å². The van der Waals surface area contributed by atoms with Gasteiger partial charge in [0.2, 0.25) is 6.79 Å². The zero-order valence-electron chi connectivity index (χ0n) is 16.7. The molecule has 1 aliphatic rings. The number of ether oxygens (including phenoxy) is 3. The maximum Gasteiger partial charge on any atom is 0.231 e. The monoisotopic (exact) mass is 378 g/mol. The molecule has 4 rings (SSSR count). The number of benzene rings is 2. The Hall–Kier alpha value is -2.79. The van der Waals surface area contributed by atoms with Crippen molar-refractivity contribution >= 4 is 10.8 Å². The first-order valence-electron chi connectivity index (χ1n) is 9.84. The quantitative estimate of drug-likeness (QED) is 0.598. The highest BCUT2D eigenvalue weighted by atomic mass is 16.7. The van der Waals surface area contributed by atoms with E-state index < -0.39 is 0 Å². The van der Waals surface area contributed by atoms with Crippen LogP contribution in [0.4, 0.5) is 0 Å². The maximum absolute atomic E-state index is 6.00. The lowest BCUT2D eigenvalue weighted by atomic mass is 10.0. The third-order valence-corrected chi connectivity index (χ3v) is 5.13. The first-order chi connectivity index (χ1) is 13.7. The molecule has 0 atom stereocenters. The summed E-state index contributed by atoms with van der Waals surface area (Å²) in [5, 5.41) is 2.15. The second-order valence-corrected chi connectivity index (χ2v) is 6.94. The van der Waals surface area contributed by atoms with Crippen LogP contribution in [-0.2, 0) is 0 Å². The number of rotatable bonds is 7. The van der Waals surface area contributed by atoms with Crippen molar-refractivity contribution in [2.45, 2.75) is 20.8 Å². The average Bonchev–Trinajstić information content (AvgIpc) is 3.16. The minimum absolute atomic E-state index is 0.267. The largest absolute Gasteiger partial charge is 0.492 e. The van der Waals surface area contributed by atoms with Gasteiger partial charge in [0.1, 0.15) is 12.4 Å². The topological polar surface area (TPSA) is 43.8 Å². The molecule has 0 unspecified atom stereocenters. The van der Waals surface area contributed by atoms with Crippen LogP contribution in [0.25, 0.3) is 22.0 Å². The summed E-state index contributed by atoms with van der Waals surface area (Å²) in [6, 6.07) is 14.3. The summed E-state index contributed by atoms with van der Waals surface area (Å²) < 4.78 is 17.1. The molecule has 1 aliphatic heterocycles. The SMILES string of the molecule is CCN(CC)CCOc1cccc(-c2nc(C)cc3cc4c(cc23)OCO4)c1. The standard InChI is InChI=1S/C23H26N2O3/c1-4-25(5-2)9-10-26-19-8-6-7-17(12-19)23-20-14-22-21(27-15-28-22)13-18(20)11-16(3)24-23/h6-8,11-14H,4-5,9-10,15H2,1-3H3. The molecule has 28 heavy (non-hydrogen) atoms. The van der Waals surface area contributed by atoms with Crippen LogP contribution in [-0.4, -0.2) is 42.9 Å². The Bertz CT molecular complexity index is 983. The minimum atomic E-state index is 0.267. The molecule has 0 spiro atoms. The number of likely N-dealkylation sites (N-methyl/N-ethyl adjacent to an activating group) is 1. The van der Waals surface area contributed by atoms with Gasteiger partial charge in [-0.1, -0.05) is 26.0 Å². The molecule has 5 nitrogen and oxygen atoms in total. The van der Waals surface area contributed by atoms with Gasteiger partial charge in [-0.3, -0.25) is 4.98 Å². The summed E-state index contributed by atoms with van der Waals surface area (Å²) in [6.45, 7) is 10.3. The van der Waals surface area contributed by atoms with Gasteiger partial charge < -0.3 is 19.1 Å². The van der Waals surface area contributed by atoms with Crippen molar-refractivity contribution in [3.63, 3.8) is 0 Å². The number of nitrogens with zero attached hydrogens (tertiary/aromatic N) is 2. The number of aromatic nitrogens is 1. The second-order valence-electron chi connectivity index (χ2n) is 6.94. The van der Waals surface area contributed by atoms with Crippen molar-refractivity contribution in [1.29, 1.82) is 0 Å². The van der Waals surface area contributed by atoms with E-state index in [2.05, 4.69) is 36.9 Å². The van der Waals surface area contributed by atoms with Gasteiger partial charge in [0, 0.05) is 23.2 Å². The molecule has 3 aromatic rings. The van der Waals surface area contributed by atoms with Crippen LogP contribution in [0.5, 0.6) is 17.2 Å². The van der Waals surface area contributed by atoms with E-state index in [4.69, 9.17) is 19.2 Å². The molecule has 146 valence electrons. The van der Waals surface area contributed by atoms with Crippen LogP contribution in [0.2, 0.25) is 0 Å². The fourth-order valence-corrected chi connectivity index (χ4v) is 3.56. The van der Waals surface area contributed by atoms with Crippen LogP contribution in [0, 0.1) is 6.92 Å². The fraction of sp³-hybridized carbons (Fsp3) is 0.348. The van der Waals surface area contributed by atoms with Gasteiger partial charge in [-0.25, -0.2) is 0 Å². The maximum atomic E-state index is 6.00. The van der Waals surface area contributed by atoms with Crippen molar-refractivity contribution < 1.29 is 14.2 Å². The van der Waals surface area contributed by atoms with E-state index in [0.29, 0.717) is 6.61 Å². The van der Waals surface area contributed by atoms with Gasteiger partial charge in [-0.05, 0) is 55.7 Å². The fourth-order valence-electron chi connectivity index (χ4n) is 3.56. The molecule has 0 amide bonds. The second kappa shape index (κ2) is 8.07. The van der Waals surface area contributed by atoms with Gasteiger partial charge in [0.05, 0.1) is 5.69 Å². The van der Waals surface area contributed by atoms with E-state index >= 15 is 0 Å². The van der Waals surface area contributed by atoms with E-state index in [1.165, 1.54) is 0 Å². The molecular weight excluding hydrogens is 352 g/mol. The number of pyridine rings is 1. The summed E-state index contributed by atoms with van der Waals surface area (Å²) in [5.41, 5.74) is 2.93. The number of aryl methyl sites for hydroxylation is 1. The first-order valence-corrected chi connectivity index (χ1v) is 9.84. The normalized spacial score (nSPS) is 12.7. The van der Waals surface area contributed by atoms with Crippen LogP contribution in [0.3, 0.4) is 0 Å². The van der Waals surface area contributed by atoms with Crippen molar-refractivity contribution in [1.82, 2.24) is 9.88 Å². The van der Waals surface area contributed by atoms with Gasteiger partial charge >= 0.3 is 0 Å². The lowest BCUT2D eigenvalue weighted by Gasteiger charge is -2.18. The number of hydrogen-bond donors (Lipinski definition) is 0. The van der Waals surface area contributed by atoms with E-state index in [1.54, 1.807) is 0 Å². The van der Waals surface area contributed by atoms with Gasteiger partial charge in [-0.2, -0.15) is 0 Å². The third-order valence-electron chi connectivity index (χ3n) is 5.13. The predicted octanol–water partition coefficient (Wildman–Crippen LogP) is 4.66. The van der Waals surface area contributed by atoms with Crippen molar-refractivity contribution in [3.8, 4) is 28.5 Å². The highest BCUT2D eigenvalue weighted by molar-refractivity contribution is 5.97. The van der Waals surface area contributed by atoms with E-state index in [1.807, 2.05) is 31.2 Å². The molecule has 2 heterocycles. The lowest BCUT2D eigenvalue weighted by molar-refractivity contribution is 0.174. The van der Waals surface area contributed by atoms with Gasteiger partial charge in [0.25, 0.3) is 0 Å². The Morgan fingerprint density at radius 3 is 2.61 bits per heavy atom.